The fourth-order valence-electron chi connectivity index (χ4n) is 2.76. The Labute approximate surface area is 119 Å². The summed E-state index contributed by atoms with van der Waals surface area (Å²) in [6.07, 6.45) is 16.8. The van der Waals surface area contributed by atoms with Gasteiger partial charge in [0.15, 0.2) is 0 Å². The molecule has 1 unspecified atom stereocenters. The molecule has 0 heterocycles. The van der Waals surface area contributed by atoms with Crippen molar-refractivity contribution < 1.29 is 0 Å². The average Bonchev–Trinajstić information content (AvgIpc) is 2.41. The summed E-state index contributed by atoms with van der Waals surface area (Å²) < 4.78 is 0. The maximum Gasteiger partial charge on any atom is 0.0130 e. The average molecular weight is 272 g/mol. The number of hydrogen-bond donors (Lipinski definition) is 1. The van der Waals surface area contributed by atoms with Gasteiger partial charge in [-0.15, -0.1) is 0 Å². The Morgan fingerprint density at radius 2 is 1.67 bits per heavy atom. The topological polar surface area (TPSA) is 26.0 Å². The Morgan fingerprint density at radius 1 is 1.00 bits per heavy atom. The van der Waals surface area contributed by atoms with Gasteiger partial charge in [-0.2, -0.15) is 11.8 Å². The zero-order valence-electron chi connectivity index (χ0n) is 12.3. The van der Waals surface area contributed by atoms with E-state index in [1.165, 1.54) is 82.8 Å². The lowest BCUT2D eigenvalue weighted by Gasteiger charge is -2.22. The number of unbranched alkanes of at least 4 members (excludes halogenated alkanes) is 5. The first-order valence-corrected chi connectivity index (χ1v) is 9.25. The highest BCUT2D eigenvalue weighted by atomic mass is 32.2. The van der Waals surface area contributed by atoms with E-state index in [9.17, 15) is 0 Å². The third kappa shape index (κ3) is 8.42. The fraction of sp³-hybridized carbons (Fsp3) is 1.00. The molecule has 0 amide bonds. The van der Waals surface area contributed by atoms with Crippen molar-refractivity contribution in [3.63, 3.8) is 0 Å². The molecule has 18 heavy (non-hydrogen) atoms. The van der Waals surface area contributed by atoms with Crippen LogP contribution in [0.1, 0.15) is 84.0 Å². The van der Waals surface area contributed by atoms with Crippen molar-refractivity contribution in [2.75, 3.05) is 5.75 Å². The second-order valence-corrected chi connectivity index (χ2v) is 7.24. The summed E-state index contributed by atoms with van der Waals surface area (Å²) in [6, 6.07) is 0.447. The lowest BCUT2D eigenvalue weighted by atomic mass is 10.0. The molecule has 0 aliphatic heterocycles. The van der Waals surface area contributed by atoms with Gasteiger partial charge in [-0.25, -0.2) is 0 Å². The fourth-order valence-corrected chi connectivity index (χ4v) is 4.11. The van der Waals surface area contributed by atoms with E-state index < -0.39 is 0 Å². The molecule has 1 nitrogen and oxygen atoms in total. The Bertz CT molecular complexity index is 178. The van der Waals surface area contributed by atoms with Crippen molar-refractivity contribution in [3.05, 3.63) is 0 Å². The number of nitrogens with two attached hydrogens (primary N) is 1. The molecule has 0 aromatic carbocycles. The van der Waals surface area contributed by atoms with Crippen LogP contribution in [0, 0.1) is 0 Å². The molecule has 2 heteroatoms. The molecule has 0 bridgehead atoms. The molecule has 1 aliphatic carbocycles. The lowest BCUT2D eigenvalue weighted by molar-refractivity contribution is 0.514. The predicted octanol–water partition coefficient (Wildman–Crippen LogP) is 5.13. The molecule has 1 atom stereocenters. The third-order valence-electron chi connectivity index (χ3n) is 4.03. The Balaban J connectivity index is 1.88. The highest BCUT2D eigenvalue weighted by Gasteiger charge is 2.14. The first-order chi connectivity index (χ1) is 8.83. The van der Waals surface area contributed by atoms with Gasteiger partial charge in [0.25, 0.3) is 0 Å². The van der Waals surface area contributed by atoms with Gasteiger partial charge >= 0.3 is 0 Å². The van der Waals surface area contributed by atoms with E-state index in [1.54, 1.807) is 0 Å². The van der Waals surface area contributed by atoms with Crippen LogP contribution >= 0.6 is 11.8 Å². The Morgan fingerprint density at radius 3 is 2.39 bits per heavy atom. The summed E-state index contributed by atoms with van der Waals surface area (Å²) in [5.74, 6) is 1.19. The second kappa shape index (κ2) is 11.2. The van der Waals surface area contributed by atoms with Crippen LogP contribution in [0.3, 0.4) is 0 Å². The minimum absolute atomic E-state index is 0.447. The number of hydrogen-bond acceptors (Lipinski definition) is 2. The lowest BCUT2D eigenvalue weighted by Crippen LogP contribution is -2.24. The molecule has 1 aliphatic rings. The molecule has 2 N–H and O–H groups in total. The molecule has 1 saturated carbocycles. The van der Waals surface area contributed by atoms with Crippen molar-refractivity contribution in [3.8, 4) is 0 Å². The van der Waals surface area contributed by atoms with E-state index in [0.29, 0.717) is 6.04 Å². The van der Waals surface area contributed by atoms with Crippen LogP contribution in [0.2, 0.25) is 0 Å². The van der Waals surface area contributed by atoms with Gasteiger partial charge < -0.3 is 5.73 Å². The van der Waals surface area contributed by atoms with Crippen LogP contribution in [0.4, 0.5) is 0 Å². The maximum absolute atomic E-state index is 6.21. The summed E-state index contributed by atoms with van der Waals surface area (Å²) in [4.78, 5) is 0. The highest BCUT2D eigenvalue weighted by Crippen LogP contribution is 2.28. The second-order valence-electron chi connectivity index (χ2n) is 5.91. The van der Waals surface area contributed by atoms with Gasteiger partial charge in [0, 0.05) is 17.0 Å². The summed E-state index contributed by atoms with van der Waals surface area (Å²) in [5.41, 5.74) is 6.21. The minimum atomic E-state index is 0.447. The van der Waals surface area contributed by atoms with Gasteiger partial charge in [0.1, 0.15) is 0 Å². The summed E-state index contributed by atoms with van der Waals surface area (Å²) in [7, 11) is 0. The van der Waals surface area contributed by atoms with Gasteiger partial charge in [-0.05, 0) is 19.3 Å². The summed E-state index contributed by atoms with van der Waals surface area (Å²) in [6.45, 7) is 2.28. The van der Waals surface area contributed by atoms with Crippen molar-refractivity contribution in [1.29, 1.82) is 0 Å². The van der Waals surface area contributed by atoms with Crippen LogP contribution in [0.15, 0.2) is 0 Å². The van der Waals surface area contributed by atoms with Gasteiger partial charge in [-0.3, -0.25) is 0 Å². The van der Waals surface area contributed by atoms with Crippen LogP contribution in [0.25, 0.3) is 0 Å². The SMILES string of the molecule is CCCCCCCCC(N)CSC1CCCCC1. The molecular formula is C16H33NS. The quantitative estimate of drug-likeness (QED) is 0.557. The molecular weight excluding hydrogens is 238 g/mol. The zero-order valence-corrected chi connectivity index (χ0v) is 13.1. The van der Waals surface area contributed by atoms with Crippen LogP contribution < -0.4 is 5.73 Å². The van der Waals surface area contributed by atoms with E-state index in [-0.39, 0.29) is 0 Å². The number of rotatable bonds is 10. The van der Waals surface area contributed by atoms with Gasteiger partial charge in [-0.1, -0.05) is 64.7 Å². The summed E-state index contributed by atoms with van der Waals surface area (Å²) in [5, 5.41) is 0.925. The van der Waals surface area contributed by atoms with E-state index in [0.717, 1.165) is 5.25 Å². The predicted molar refractivity (Wildman–Crippen MR) is 85.3 cm³/mol. The minimum Gasteiger partial charge on any atom is -0.327 e. The first-order valence-electron chi connectivity index (χ1n) is 8.20. The van der Waals surface area contributed by atoms with Crippen molar-refractivity contribution in [1.82, 2.24) is 0 Å². The monoisotopic (exact) mass is 271 g/mol. The van der Waals surface area contributed by atoms with Crippen molar-refractivity contribution in [2.45, 2.75) is 95.3 Å². The Hall–Kier alpha value is 0.310. The van der Waals surface area contributed by atoms with Gasteiger partial charge in [0.2, 0.25) is 0 Å². The van der Waals surface area contributed by atoms with E-state index in [1.807, 2.05) is 0 Å². The molecule has 0 aromatic rings. The van der Waals surface area contributed by atoms with E-state index in [2.05, 4.69) is 18.7 Å². The van der Waals surface area contributed by atoms with Crippen molar-refractivity contribution >= 4 is 11.8 Å². The smallest absolute Gasteiger partial charge is 0.0130 e. The number of thioether (sulfide) groups is 1. The molecule has 0 radical (unpaired) electrons. The summed E-state index contributed by atoms with van der Waals surface area (Å²) >= 11 is 2.15. The van der Waals surface area contributed by atoms with Crippen LogP contribution in [0.5, 0.6) is 0 Å². The molecule has 1 fully saturated rings. The van der Waals surface area contributed by atoms with E-state index >= 15 is 0 Å². The normalized spacial score (nSPS) is 19.0. The van der Waals surface area contributed by atoms with Crippen LogP contribution in [-0.2, 0) is 0 Å². The van der Waals surface area contributed by atoms with E-state index in [4.69, 9.17) is 5.73 Å². The molecule has 0 spiro atoms. The largest absolute Gasteiger partial charge is 0.327 e. The van der Waals surface area contributed by atoms with Crippen molar-refractivity contribution in [2.24, 2.45) is 5.73 Å². The third-order valence-corrected chi connectivity index (χ3v) is 5.59. The molecule has 0 saturated heterocycles. The molecule has 1 rings (SSSR count). The standard InChI is InChI=1S/C16H33NS/c1-2-3-4-5-6-8-11-15(17)14-18-16-12-9-7-10-13-16/h15-16H,2-14,17H2,1H3. The molecule has 0 aromatic heterocycles. The highest BCUT2D eigenvalue weighted by molar-refractivity contribution is 7.99. The zero-order chi connectivity index (χ0) is 13.1. The molecule has 108 valence electrons. The first kappa shape index (κ1) is 16.4. The maximum atomic E-state index is 6.21. The van der Waals surface area contributed by atoms with Crippen LogP contribution in [-0.4, -0.2) is 17.0 Å². The van der Waals surface area contributed by atoms with Gasteiger partial charge in [0.05, 0.1) is 0 Å². The Kier molecular flexibility index (Phi) is 10.1.